The van der Waals surface area contributed by atoms with Crippen LogP contribution in [0.2, 0.25) is 0 Å². The average molecular weight is 363 g/mol. The van der Waals surface area contributed by atoms with E-state index in [9.17, 15) is 27.6 Å². The molecule has 2 amide bonds. The number of carbonyl (C=O) groups is 4. The number of nitrogens with zero attached hydrogens (tertiary/aromatic N) is 1. The van der Waals surface area contributed by atoms with Crippen LogP contribution in [-0.2, 0) is 38.5 Å². The summed E-state index contributed by atoms with van der Waals surface area (Å²) in [6.45, 7) is 6.10. The molecular weight excluding hydrogens is 346 g/mol. The Morgan fingerprint density at radius 3 is 2.21 bits per heavy atom. The summed E-state index contributed by atoms with van der Waals surface area (Å²) in [5.74, 6) is -4.08. The van der Waals surface area contributed by atoms with Crippen LogP contribution in [0.1, 0.15) is 26.7 Å². The summed E-state index contributed by atoms with van der Waals surface area (Å²) in [5.41, 5.74) is 0. The highest BCUT2D eigenvalue weighted by molar-refractivity contribution is 7.94. The highest BCUT2D eigenvalue weighted by Gasteiger charge is 2.35. The molecule has 11 heteroatoms. The molecule has 0 N–H and O–H groups in total. The third-order valence-electron chi connectivity index (χ3n) is 2.75. The zero-order chi connectivity index (χ0) is 18.5. The molecule has 24 heavy (non-hydrogen) atoms. The largest absolute Gasteiger partial charge is 0.537 e. The number of sulfone groups is 1. The Bertz CT molecular complexity index is 636. The third kappa shape index (κ3) is 5.65. The molecule has 0 aliphatic carbocycles. The molecule has 1 unspecified atom stereocenters. The number of hydrogen-bond donors (Lipinski definition) is 0. The van der Waals surface area contributed by atoms with E-state index in [1.807, 2.05) is 0 Å². The van der Waals surface area contributed by atoms with Crippen LogP contribution >= 0.6 is 0 Å². The van der Waals surface area contributed by atoms with Gasteiger partial charge in [0.1, 0.15) is 0 Å². The van der Waals surface area contributed by atoms with E-state index >= 15 is 0 Å². The fourth-order valence-corrected chi connectivity index (χ4v) is 2.05. The fraction of sp³-hybridized carbons (Fsp3) is 0.538. The lowest BCUT2D eigenvalue weighted by Crippen LogP contribution is -2.36. The summed E-state index contributed by atoms with van der Waals surface area (Å²) < 4.78 is 32.0. The Hall–Kier alpha value is -2.43. The molecule has 0 bridgehead atoms. The van der Waals surface area contributed by atoms with Crippen LogP contribution in [-0.4, -0.2) is 49.5 Å². The van der Waals surface area contributed by atoms with Crippen molar-refractivity contribution in [2.45, 2.75) is 33.0 Å². The van der Waals surface area contributed by atoms with Crippen molar-refractivity contribution in [2.75, 3.05) is 5.75 Å². The van der Waals surface area contributed by atoms with Crippen molar-refractivity contribution in [1.82, 2.24) is 5.06 Å². The summed E-state index contributed by atoms with van der Waals surface area (Å²) in [6.07, 6.45) is -3.07. The molecule has 1 saturated heterocycles. The standard InChI is InChI=1S/C13H17NO9S/c1-4-24(19,20)7-11(17)21-12(8(2)3)22-13(18)23-14-9(15)5-6-10(14)16/h4,8,12H,1,5-7H2,2-3H3. The molecule has 0 radical (unpaired) electrons. The van der Waals surface area contributed by atoms with Gasteiger partial charge in [-0.05, 0) is 0 Å². The molecule has 1 atom stereocenters. The van der Waals surface area contributed by atoms with Crippen LogP contribution in [0.4, 0.5) is 4.79 Å². The molecule has 134 valence electrons. The first-order valence-electron chi connectivity index (χ1n) is 6.84. The molecular formula is C13H17NO9S. The molecule has 1 aliphatic rings. The molecule has 1 fully saturated rings. The normalized spacial score (nSPS) is 16.0. The number of carbonyl (C=O) groups excluding carboxylic acids is 4. The number of esters is 1. The van der Waals surface area contributed by atoms with E-state index in [1.54, 1.807) is 0 Å². The SMILES string of the molecule is C=CS(=O)(=O)CC(=O)OC(OC(=O)ON1C(=O)CCC1=O)C(C)C. The van der Waals surface area contributed by atoms with Gasteiger partial charge in [0.05, 0.1) is 0 Å². The maximum Gasteiger partial charge on any atom is 0.537 e. The maximum atomic E-state index is 11.6. The summed E-state index contributed by atoms with van der Waals surface area (Å²) in [5, 5.41) is 0.863. The lowest BCUT2D eigenvalue weighted by molar-refractivity contribution is -0.197. The Morgan fingerprint density at radius 1 is 1.21 bits per heavy atom. The predicted molar refractivity (Wildman–Crippen MR) is 77.4 cm³/mol. The van der Waals surface area contributed by atoms with Gasteiger partial charge in [-0.3, -0.25) is 19.2 Å². The predicted octanol–water partition coefficient (Wildman–Crippen LogP) is 0.287. The van der Waals surface area contributed by atoms with Gasteiger partial charge >= 0.3 is 12.1 Å². The first-order chi connectivity index (χ1) is 11.1. The maximum absolute atomic E-state index is 11.6. The lowest BCUT2D eigenvalue weighted by atomic mass is 10.2. The summed E-state index contributed by atoms with van der Waals surface area (Å²) >= 11 is 0. The first kappa shape index (κ1) is 19.6. The van der Waals surface area contributed by atoms with E-state index in [2.05, 4.69) is 11.4 Å². The Labute approximate surface area is 138 Å². The van der Waals surface area contributed by atoms with Crippen LogP contribution in [0, 0.1) is 5.92 Å². The Balaban J connectivity index is 2.64. The van der Waals surface area contributed by atoms with Gasteiger partial charge in [-0.1, -0.05) is 25.5 Å². The third-order valence-corrected chi connectivity index (χ3v) is 3.89. The molecule has 0 aromatic heterocycles. The minimum absolute atomic E-state index is 0.0892. The lowest BCUT2D eigenvalue weighted by Gasteiger charge is -2.21. The topological polar surface area (TPSA) is 133 Å². The molecule has 0 aromatic carbocycles. The zero-order valence-electron chi connectivity index (χ0n) is 13.1. The average Bonchev–Trinajstić information content (AvgIpc) is 2.77. The van der Waals surface area contributed by atoms with Crippen LogP contribution in [0.15, 0.2) is 12.0 Å². The molecule has 10 nitrogen and oxygen atoms in total. The number of ether oxygens (including phenoxy) is 2. The van der Waals surface area contributed by atoms with E-state index in [1.165, 1.54) is 13.8 Å². The second kappa shape index (κ2) is 7.90. The number of rotatable bonds is 7. The van der Waals surface area contributed by atoms with Gasteiger partial charge in [0.2, 0.25) is 0 Å². The number of hydroxylamine groups is 2. The van der Waals surface area contributed by atoms with Gasteiger partial charge in [0.15, 0.2) is 15.6 Å². The second-order valence-electron chi connectivity index (χ2n) is 5.12. The highest BCUT2D eigenvalue weighted by Crippen LogP contribution is 2.15. The molecule has 0 aromatic rings. The Kier molecular flexibility index (Phi) is 6.46. The molecule has 1 aliphatic heterocycles. The molecule has 1 rings (SSSR count). The first-order valence-corrected chi connectivity index (χ1v) is 8.56. The van der Waals surface area contributed by atoms with E-state index in [-0.39, 0.29) is 17.9 Å². The van der Waals surface area contributed by atoms with Gasteiger partial charge < -0.3 is 9.47 Å². The minimum atomic E-state index is -3.83. The van der Waals surface area contributed by atoms with E-state index in [4.69, 9.17) is 9.47 Å². The van der Waals surface area contributed by atoms with Crippen molar-refractivity contribution in [3.8, 4) is 0 Å². The van der Waals surface area contributed by atoms with Gasteiger partial charge in [0.25, 0.3) is 18.1 Å². The van der Waals surface area contributed by atoms with Crippen molar-refractivity contribution >= 4 is 33.8 Å². The van der Waals surface area contributed by atoms with E-state index in [0.29, 0.717) is 5.41 Å². The summed E-state index contributed by atoms with van der Waals surface area (Å²) in [7, 11) is -3.83. The van der Waals surface area contributed by atoms with Crippen molar-refractivity contribution in [2.24, 2.45) is 5.92 Å². The Morgan fingerprint density at radius 2 is 1.75 bits per heavy atom. The van der Waals surface area contributed by atoms with Crippen molar-refractivity contribution in [1.29, 1.82) is 0 Å². The van der Waals surface area contributed by atoms with Crippen LogP contribution < -0.4 is 0 Å². The van der Waals surface area contributed by atoms with Gasteiger partial charge in [0, 0.05) is 24.2 Å². The van der Waals surface area contributed by atoms with Crippen molar-refractivity contribution < 1.29 is 41.9 Å². The summed E-state index contributed by atoms with van der Waals surface area (Å²) in [6, 6.07) is 0. The van der Waals surface area contributed by atoms with Crippen LogP contribution in [0.5, 0.6) is 0 Å². The van der Waals surface area contributed by atoms with Crippen LogP contribution in [0.3, 0.4) is 0 Å². The second-order valence-corrected chi connectivity index (χ2v) is 7.06. The van der Waals surface area contributed by atoms with Gasteiger partial charge in [-0.25, -0.2) is 13.2 Å². The van der Waals surface area contributed by atoms with Gasteiger partial charge in [-0.2, -0.15) is 0 Å². The quantitative estimate of drug-likeness (QED) is 0.355. The molecule has 0 spiro atoms. The fourth-order valence-electron chi connectivity index (χ4n) is 1.53. The number of imide groups is 1. The van der Waals surface area contributed by atoms with Crippen LogP contribution in [0.25, 0.3) is 0 Å². The zero-order valence-corrected chi connectivity index (χ0v) is 13.9. The number of hydrogen-bond acceptors (Lipinski definition) is 9. The molecule has 1 heterocycles. The van der Waals surface area contributed by atoms with Crippen molar-refractivity contribution in [3.05, 3.63) is 12.0 Å². The summed E-state index contributed by atoms with van der Waals surface area (Å²) in [4.78, 5) is 50.3. The monoisotopic (exact) mass is 363 g/mol. The molecule has 0 saturated carbocycles. The van der Waals surface area contributed by atoms with Gasteiger partial charge in [-0.15, -0.1) is 0 Å². The highest BCUT2D eigenvalue weighted by atomic mass is 32.2. The van der Waals surface area contributed by atoms with E-state index in [0.717, 1.165) is 0 Å². The number of amides is 2. The van der Waals surface area contributed by atoms with E-state index < -0.39 is 51.7 Å². The minimum Gasteiger partial charge on any atom is -0.424 e. The smallest absolute Gasteiger partial charge is 0.424 e. The van der Waals surface area contributed by atoms with Crippen molar-refractivity contribution in [3.63, 3.8) is 0 Å².